The van der Waals surface area contributed by atoms with Crippen LogP contribution in [-0.4, -0.2) is 4.89 Å². The average molecular weight is 451 g/mol. The summed E-state index contributed by atoms with van der Waals surface area (Å²) >= 11 is 3.25. The smallest absolute Gasteiger partial charge is 0.245 e. The lowest BCUT2D eigenvalue weighted by Gasteiger charge is -2.32. The van der Waals surface area contributed by atoms with Crippen LogP contribution in [0.4, 0.5) is 0 Å². The fourth-order valence-corrected chi connectivity index (χ4v) is 4.37. The average Bonchev–Trinajstić information content (AvgIpc) is 2.51. The summed E-state index contributed by atoms with van der Waals surface area (Å²) in [5.74, 6) is 0. The first-order valence-electron chi connectivity index (χ1n) is 9.34. The van der Waals surface area contributed by atoms with Crippen molar-refractivity contribution in [1.29, 1.82) is 0 Å². The highest BCUT2D eigenvalue weighted by Crippen LogP contribution is 2.50. The Morgan fingerprint density at radius 3 is 1.48 bits per heavy atom. The van der Waals surface area contributed by atoms with Crippen LogP contribution in [-0.2, 0) is 15.4 Å². The maximum atomic E-state index is 10.1. The lowest BCUT2D eigenvalue weighted by molar-refractivity contribution is 0.250. The number of hydrogen-bond donors (Lipinski definition) is 1. The Morgan fingerprint density at radius 2 is 1.19 bits per heavy atom. The topological polar surface area (TPSA) is 29.5 Å². The third-order valence-corrected chi connectivity index (χ3v) is 5.68. The second-order valence-electron chi connectivity index (χ2n) is 9.39. The van der Waals surface area contributed by atoms with Crippen LogP contribution >= 0.6 is 22.6 Å². The van der Waals surface area contributed by atoms with Crippen LogP contribution in [0.15, 0.2) is 36.4 Å². The zero-order chi connectivity index (χ0) is 20.6. The molecule has 0 radical (unpaired) electrons. The Balaban J connectivity index is 2.77. The molecule has 0 bridgehead atoms. The summed E-state index contributed by atoms with van der Waals surface area (Å²) in [6, 6.07) is 13.0. The molecule has 2 aromatic carbocycles. The van der Waals surface area contributed by atoms with Gasteiger partial charge in [0.05, 0.1) is 0 Å². The van der Waals surface area contributed by atoms with Gasteiger partial charge in [0, 0.05) is 15.5 Å². The van der Waals surface area contributed by atoms with Crippen LogP contribution in [0, 0.1) is 13.8 Å². The zero-order valence-corrected chi connectivity index (χ0v) is 20.2. The van der Waals surface area contributed by atoms with Crippen LogP contribution in [0.5, 0.6) is 0 Å². The van der Waals surface area contributed by atoms with Crippen molar-refractivity contribution in [2.75, 3.05) is 0 Å². The summed E-state index contributed by atoms with van der Waals surface area (Å²) in [6.45, 7) is 17.6. The fraction of sp³-hybridized carbons (Fsp3) is 0.478. The fourth-order valence-electron chi connectivity index (χ4n) is 3.46. The van der Waals surface area contributed by atoms with E-state index in [1.807, 2.05) is 0 Å². The number of rotatable bonds is 4. The molecule has 2 rings (SSSR count). The van der Waals surface area contributed by atoms with Gasteiger partial charge in [0.15, 0.2) is 0 Å². The van der Waals surface area contributed by atoms with E-state index >= 15 is 0 Å². The lowest BCUT2D eigenvalue weighted by atomic mass is 9.77. The molecular weight excluding hydrogens is 419 g/mol. The molecule has 0 aliphatic carbocycles. The van der Waals surface area contributed by atoms with Gasteiger partial charge in [0.2, 0.25) is 7.08 Å². The summed E-state index contributed by atoms with van der Waals surface area (Å²) < 4.78 is 6.11. The Kier molecular flexibility index (Phi) is 6.96. The van der Waals surface area contributed by atoms with E-state index in [0.29, 0.717) is 0 Å². The molecule has 0 aromatic heterocycles. The Morgan fingerprint density at radius 1 is 0.815 bits per heavy atom. The van der Waals surface area contributed by atoms with Crippen molar-refractivity contribution < 1.29 is 9.42 Å². The molecule has 0 aliphatic rings. The van der Waals surface area contributed by atoms with Crippen LogP contribution < -0.4 is 0 Å². The van der Waals surface area contributed by atoms with Gasteiger partial charge in [0.1, 0.15) is 6.10 Å². The molecular formula is C23H32BrO2P. The van der Waals surface area contributed by atoms with E-state index in [0.717, 1.165) is 11.1 Å². The van der Waals surface area contributed by atoms with Gasteiger partial charge in [0.25, 0.3) is 0 Å². The van der Waals surface area contributed by atoms with Gasteiger partial charge in [-0.25, -0.2) is 0 Å². The maximum Gasteiger partial charge on any atom is 0.245 e. The van der Waals surface area contributed by atoms with Crippen LogP contribution in [0.25, 0.3) is 0 Å². The quantitative estimate of drug-likeness (QED) is 0.485. The molecule has 0 aliphatic heterocycles. The van der Waals surface area contributed by atoms with E-state index in [9.17, 15) is 4.89 Å². The highest BCUT2D eigenvalue weighted by Gasteiger charge is 2.30. The first-order chi connectivity index (χ1) is 12.3. The molecule has 27 heavy (non-hydrogen) atoms. The van der Waals surface area contributed by atoms with E-state index in [4.69, 9.17) is 4.52 Å². The van der Waals surface area contributed by atoms with Crippen molar-refractivity contribution in [2.45, 2.75) is 72.3 Å². The van der Waals surface area contributed by atoms with E-state index in [2.05, 4.69) is 107 Å². The predicted molar refractivity (Wildman–Crippen MR) is 121 cm³/mol. The molecule has 2 aromatic rings. The molecule has 2 nitrogen and oxygen atoms in total. The van der Waals surface area contributed by atoms with Gasteiger partial charge >= 0.3 is 0 Å². The van der Waals surface area contributed by atoms with Gasteiger partial charge in [-0.05, 0) is 46.9 Å². The van der Waals surface area contributed by atoms with E-state index in [-0.39, 0.29) is 16.9 Å². The van der Waals surface area contributed by atoms with Crippen molar-refractivity contribution in [3.05, 3.63) is 69.8 Å². The highest BCUT2D eigenvalue weighted by molar-refractivity contribution is 9.38. The molecule has 148 valence electrons. The molecule has 1 N–H and O–H groups in total. The zero-order valence-electron chi connectivity index (χ0n) is 17.7. The first kappa shape index (κ1) is 22.6. The number of hydrogen-bond acceptors (Lipinski definition) is 2. The van der Waals surface area contributed by atoms with Crippen molar-refractivity contribution in [1.82, 2.24) is 0 Å². The van der Waals surface area contributed by atoms with Crippen molar-refractivity contribution in [3.8, 4) is 0 Å². The molecule has 0 saturated carbocycles. The largest absolute Gasteiger partial charge is 0.342 e. The lowest BCUT2D eigenvalue weighted by Crippen LogP contribution is -2.21. The second-order valence-corrected chi connectivity index (χ2v) is 11.9. The summed E-state index contributed by atoms with van der Waals surface area (Å²) in [7, 11) is -1.69. The highest BCUT2D eigenvalue weighted by atomic mass is 79.9. The SMILES string of the molecule is Cc1ccc(C(OP(O)Br)c2ccc(C)cc2C(C)(C)C)c(C(C)(C)C)c1. The van der Waals surface area contributed by atoms with E-state index in [1.54, 1.807) is 0 Å². The second kappa shape index (κ2) is 8.33. The van der Waals surface area contributed by atoms with Gasteiger partial charge in [-0.15, -0.1) is 0 Å². The summed E-state index contributed by atoms with van der Waals surface area (Å²) in [6.07, 6.45) is -0.329. The summed E-state index contributed by atoms with van der Waals surface area (Å²) in [5.41, 5.74) is 7.13. The van der Waals surface area contributed by atoms with Crippen molar-refractivity contribution in [3.63, 3.8) is 0 Å². The number of aryl methyl sites for hydroxylation is 2. The molecule has 1 unspecified atom stereocenters. The molecule has 0 amide bonds. The monoisotopic (exact) mass is 450 g/mol. The molecule has 4 heteroatoms. The predicted octanol–water partition coefficient (Wildman–Crippen LogP) is 7.62. The third kappa shape index (κ3) is 5.64. The van der Waals surface area contributed by atoms with E-state index < -0.39 is 7.08 Å². The number of halogens is 1. The van der Waals surface area contributed by atoms with Crippen LogP contribution in [0.1, 0.15) is 81.0 Å². The Hall–Kier alpha value is -0.730. The van der Waals surface area contributed by atoms with Gasteiger partial charge in [-0.2, -0.15) is 0 Å². The summed E-state index contributed by atoms with van der Waals surface area (Å²) in [4.78, 5) is 10.1. The standard InChI is InChI=1S/C23H32BrO2P/c1-15-9-11-17(19(13-15)22(3,4)5)21(26-27(24)25)18-12-10-16(2)14-20(18)23(6,7)8/h9-14,21,25H,1-8H3. The minimum absolute atomic E-state index is 0.0277. The van der Waals surface area contributed by atoms with Gasteiger partial charge in [-0.1, -0.05) is 89.1 Å². The van der Waals surface area contributed by atoms with E-state index in [1.165, 1.54) is 22.3 Å². The molecule has 0 saturated heterocycles. The minimum Gasteiger partial charge on any atom is -0.342 e. The Bertz CT molecular complexity index is 738. The Labute approximate surface area is 174 Å². The van der Waals surface area contributed by atoms with Gasteiger partial charge in [-0.3, -0.25) is 0 Å². The summed E-state index contributed by atoms with van der Waals surface area (Å²) in [5, 5.41) is 0. The normalized spacial score (nSPS) is 13.9. The van der Waals surface area contributed by atoms with Crippen molar-refractivity contribution >= 4 is 22.6 Å². The third-order valence-electron chi connectivity index (χ3n) is 4.79. The number of benzene rings is 2. The molecule has 1 atom stereocenters. The molecule has 0 heterocycles. The van der Waals surface area contributed by atoms with Crippen molar-refractivity contribution in [2.24, 2.45) is 0 Å². The minimum atomic E-state index is -1.69. The molecule has 0 fully saturated rings. The first-order valence-corrected chi connectivity index (χ1v) is 12.6. The van der Waals surface area contributed by atoms with Crippen LogP contribution in [0.2, 0.25) is 0 Å². The maximum absolute atomic E-state index is 10.1. The van der Waals surface area contributed by atoms with Crippen LogP contribution in [0.3, 0.4) is 0 Å². The van der Waals surface area contributed by atoms with Gasteiger partial charge < -0.3 is 9.42 Å². The molecule has 0 spiro atoms.